The number of anilines is 2. The number of nitrogen functional groups attached to an aromatic ring is 1. The Labute approximate surface area is 241 Å². The van der Waals surface area contributed by atoms with Crippen LogP contribution in [0.2, 0.25) is 0 Å². The minimum atomic E-state index is -0.613. The van der Waals surface area contributed by atoms with Gasteiger partial charge in [-0.05, 0) is 36.8 Å². The number of likely N-dealkylation sites (tertiary alicyclic amines) is 1. The fraction of sp³-hybridized carbons (Fsp3) is 0.414. The van der Waals surface area contributed by atoms with Gasteiger partial charge in [-0.15, -0.1) is 0 Å². The number of ether oxygens (including phenoxy) is 1. The van der Waals surface area contributed by atoms with Crippen LogP contribution in [-0.2, 0) is 4.79 Å². The van der Waals surface area contributed by atoms with Gasteiger partial charge in [0.15, 0.2) is 11.6 Å². The zero-order valence-corrected chi connectivity index (χ0v) is 23.9. The number of carbonyl (C=O) groups is 1. The van der Waals surface area contributed by atoms with E-state index in [0.717, 1.165) is 18.4 Å². The van der Waals surface area contributed by atoms with Crippen LogP contribution < -0.4 is 15.4 Å². The van der Waals surface area contributed by atoms with Gasteiger partial charge in [0.25, 0.3) is 5.89 Å². The first-order valence-electron chi connectivity index (χ1n) is 13.9. The Hall–Kier alpha value is -4.68. The van der Waals surface area contributed by atoms with Gasteiger partial charge in [-0.1, -0.05) is 25.1 Å². The van der Waals surface area contributed by atoms with Crippen molar-refractivity contribution in [2.75, 3.05) is 37.9 Å². The molecule has 2 aliphatic rings. The summed E-state index contributed by atoms with van der Waals surface area (Å²) in [4.78, 5) is 38.7. The lowest BCUT2D eigenvalue weighted by Crippen LogP contribution is -2.36. The second kappa shape index (κ2) is 11.0. The van der Waals surface area contributed by atoms with Gasteiger partial charge in [-0.3, -0.25) is 9.78 Å². The second-order valence-electron chi connectivity index (χ2n) is 11.0. The van der Waals surface area contributed by atoms with Crippen LogP contribution in [0.5, 0.6) is 6.01 Å². The van der Waals surface area contributed by atoms with Crippen LogP contribution >= 0.6 is 0 Å². The molecule has 13 heteroatoms. The zero-order chi connectivity index (χ0) is 29.5. The Morgan fingerprint density at radius 2 is 2.00 bits per heavy atom. The van der Waals surface area contributed by atoms with Crippen LogP contribution in [0.25, 0.3) is 28.4 Å². The lowest BCUT2D eigenvalue weighted by Gasteiger charge is -2.27. The zero-order valence-electron chi connectivity index (χ0n) is 23.9. The molecule has 1 atom stereocenters. The van der Waals surface area contributed by atoms with E-state index in [1.165, 1.54) is 19.3 Å². The highest BCUT2D eigenvalue weighted by molar-refractivity contribution is 5.93. The lowest BCUT2D eigenvalue weighted by molar-refractivity contribution is -0.124. The third-order valence-electron chi connectivity index (χ3n) is 7.71. The monoisotopic (exact) mass is 573 g/mol. The molecule has 1 saturated carbocycles. The molecule has 4 aromatic rings. The molecule has 42 heavy (non-hydrogen) atoms. The summed E-state index contributed by atoms with van der Waals surface area (Å²) in [7, 11) is 3.30. The standard InChI is InChI=1S/C29H32FN9O3/c1-15(2)27-34-21(42-37-27)9-10-22(40)39-12-11-17(14-39)38(3)28-19-13-32-26(23(30)24(19)35-29(36-28)41-4)25-18(16-5-6-16)7-8-20(31)33-25/h7-10,13,15-17H,5-6,11-12,14H2,1-4H3,(H2,31,33)/b10-9+. The molecule has 1 amide bonds. The van der Waals surface area contributed by atoms with Crippen molar-refractivity contribution in [3.05, 3.63) is 47.5 Å². The van der Waals surface area contributed by atoms with Crippen LogP contribution in [-0.4, -0.2) is 74.2 Å². The highest BCUT2D eigenvalue weighted by atomic mass is 19.1. The number of pyridine rings is 2. The predicted molar refractivity (Wildman–Crippen MR) is 154 cm³/mol. The van der Waals surface area contributed by atoms with Crippen molar-refractivity contribution in [3.8, 4) is 17.4 Å². The highest BCUT2D eigenvalue weighted by Crippen LogP contribution is 2.44. The number of carbonyl (C=O) groups excluding carboxylic acids is 1. The van der Waals surface area contributed by atoms with E-state index in [-0.39, 0.29) is 41.0 Å². The van der Waals surface area contributed by atoms with E-state index in [0.29, 0.717) is 54.0 Å². The fourth-order valence-corrected chi connectivity index (χ4v) is 5.17. The van der Waals surface area contributed by atoms with Crippen LogP contribution in [0.15, 0.2) is 28.9 Å². The number of hydrogen-bond donors (Lipinski definition) is 1. The molecule has 1 aliphatic carbocycles. The van der Waals surface area contributed by atoms with Gasteiger partial charge >= 0.3 is 6.01 Å². The molecular weight excluding hydrogens is 541 g/mol. The number of amides is 1. The molecule has 0 aromatic carbocycles. The Morgan fingerprint density at radius 1 is 1.19 bits per heavy atom. The van der Waals surface area contributed by atoms with Crippen molar-refractivity contribution in [2.45, 2.75) is 51.0 Å². The number of aromatic nitrogens is 6. The van der Waals surface area contributed by atoms with Crippen molar-refractivity contribution < 1.29 is 18.4 Å². The summed E-state index contributed by atoms with van der Waals surface area (Å²) in [6, 6.07) is 3.57. The number of halogens is 1. The van der Waals surface area contributed by atoms with Gasteiger partial charge in [0.2, 0.25) is 5.91 Å². The van der Waals surface area contributed by atoms with Crippen molar-refractivity contribution in [1.29, 1.82) is 0 Å². The number of nitrogens with two attached hydrogens (primary N) is 1. The fourth-order valence-electron chi connectivity index (χ4n) is 5.17. The normalized spacial score (nSPS) is 17.1. The Kier molecular flexibility index (Phi) is 7.17. The largest absolute Gasteiger partial charge is 0.467 e. The molecule has 12 nitrogen and oxygen atoms in total. The lowest BCUT2D eigenvalue weighted by atomic mass is 10.0. The van der Waals surface area contributed by atoms with E-state index in [4.69, 9.17) is 15.0 Å². The molecule has 6 rings (SSSR count). The summed E-state index contributed by atoms with van der Waals surface area (Å²) in [5.41, 5.74) is 7.50. The molecule has 218 valence electrons. The Balaban J connectivity index is 1.26. The summed E-state index contributed by atoms with van der Waals surface area (Å²) in [5, 5.41) is 4.34. The Morgan fingerprint density at radius 3 is 2.71 bits per heavy atom. The maximum Gasteiger partial charge on any atom is 0.318 e. The predicted octanol–water partition coefficient (Wildman–Crippen LogP) is 3.95. The van der Waals surface area contributed by atoms with Crippen LogP contribution in [0, 0.1) is 5.82 Å². The van der Waals surface area contributed by atoms with Gasteiger partial charge in [0.05, 0.1) is 18.2 Å². The van der Waals surface area contributed by atoms with Gasteiger partial charge in [0.1, 0.15) is 22.8 Å². The summed E-state index contributed by atoms with van der Waals surface area (Å²) < 4.78 is 26.7. The van der Waals surface area contributed by atoms with Crippen molar-refractivity contribution in [2.24, 2.45) is 0 Å². The summed E-state index contributed by atoms with van der Waals surface area (Å²) in [5.74, 6) is 1.29. The van der Waals surface area contributed by atoms with E-state index in [1.54, 1.807) is 17.2 Å². The molecule has 2 fully saturated rings. The summed E-state index contributed by atoms with van der Waals surface area (Å²) in [6.45, 7) is 4.92. The molecule has 5 heterocycles. The SMILES string of the molecule is COc1nc(N(C)C2CCN(C(=O)/C=C/c3nc(C(C)C)no3)C2)c2cnc(-c3nc(N)ccc3C3CC3)c(F)c2n1. The van der Waals surface area contributed by atoms with Crippen LogP contribution in [0.4, 0.5) is 16.0 Å². The van der Waals surface area contributed by atoms with E-state index in [9.17, 15) is 4.79 Å². The van der Waals surface area contributed by atoms with Gasteiger partial charge in [-0.25, -0.2) is 9.37 Å². The maximum atomic E-state index is 16.1. The summed E-state index contributed by atoms with van der Waals surface area (Å²) >= 11 is 0. The van der Waals surface area contributed by atoms with Crippen molar-refractivity contribution >= 4 is 34.5 Å². The molecule has 4 aromatic heterocycles. The first-order chi connectivity index (χ1) is 20.2. The van der Waals surface area contributed by atoms with Crippen molar-refractivity contribution in [1.82, 2.24) is 35.0 Å². The highest BCUT2D eigenvalue weighted by Gasteiger charge is 2.32. The van der Waals surface area contributed by atoms with Crippen molar-refractivity contribution in [3.63, 3.8) is 0 Å². The molecule has 2 N–H and O–H groups in total. The van der Waals surface area contributed by atoms with E-state index >= 15 is 4.39 Å². The maximum absolute atomic E-state index is 16.1. The van der Waals surface area contributed by atoms with Crippen LogP contribution in [0.1, 0.15) is 62.2 Å². The topological polar surface area (TPSA) is 149 Å². The number of hydrogen-bond acceptors (Lipinski definition) is 11. The van der Waals surface area contributed by atoms with Gasteiger partial charge < -0.3 is 24.8 Å². The molecule has 0 spiro atoms. The number of fused-ring (bicyclic) bond motifs is 1. The molecule has 1 unspecified atom stereocenters. The average Bonchev–Trinajstić information content (AvgIpc) is 3.49. The third-order valence-corrected chi connectivity index (χ3v) is 7.71. The second-order valence-corrected chi connectivity index (χ2v) is 11.0. The van der Waals surface area contributed by atoms with Gasteiger partial charge in [-0.2, -0.15) is 15.0 Å². The van der Waals surface area contributed by atoms with E-state index < -0.39 is 5.82 Å². The number of methoxy groups -OCH3 is 1. The number of nitrogens with zero attached hydrogens (tertiary/aromatic N) is 8. The Bertz CT molecular complexity index is 1680. The smallest absolute Gasteiger partial charge is 0.318 e. The van der Waals surface area contributed by atoms with Gasteiger partial charge in [0, 0.05) is 50.4 Å². The first-order valence-corrected chi connectivity index (χ1v) is 13.9. The molecule has 0 bridgehead atoms. The van der Waals surface area contributed by atoms with E-state index in [1.807, 2.05) is 31.9 Å². The first kappa shape index (κ1) is 27.5. The molecular formula is C29H32FN9O3. The van der Waals surface area contributed by atoms with E-state index in [2.05, 4.69) is 30.1 Å². The van der Waals surface area contributed by atoms with Crippen LogP contribution in [0.3, 0.4) is 0 Å². The molecule has 1 aliphatic heterocycles. The quantitative estimate of drug-likeness (QED) is 0.305. The third kappa shape index (κ3) is 5.21. The minimum absolute atomic E-state index is 0.0255. The minimum Gasteiger partial charge on any atom is -0.467 e. The number of likely N-dealkylation sites (N-methyl/N-ethyl adjacent to an activating group) is 1. The molecule has 1 saturated heterocycles. The average molecular weight is 574 g/mol. The molecule has 0 radical (unpaired) electrons. The summed E-state index contributed by atoms with van der Waals surface area (Å²) in [6.07, 6.45) is 7.25. The number of rotatable bonds is 8.